The second kappa shape index (κ2) is 8.89. The molecule has 0 bridgehead atoms. The fourth-order valence-electron chi connectivity index (χ4n) is 4.03. The van der Waals surface area contributed by atoms with Crippen molar-refractivity contribution in [2.45, 2.75) is 25.8 Å². The van der Waals surface area contributed by atoms with E-state index in [-0.39, 0.29) is 5.91 Å². The van der Waals surface area contributed by atoms with E-state index in [1.807, 2.05) is 29.2 Å². The van der Waals surface area contributed by atoms with Crippen LogP contribution in [-0.4, -0.2) is 63.3 Å². The van der Waals surface area contributed by atoms with E-state index in [0.717, 1.165) is 42.6 Å². The van der Waals surface area contributed by atoms with Crippen LogP contribution in [0.3, 0.4) is 0 Å². The van der Waals surface area contributed by atoms with Crippen molar-refractivity contribution in [2.24, 2.45) is 0 Å². The highest BCUT2D eigenvalue weighted by atomic mass is 16.5. The maximum absolute atomic E-state index is 12.3. The summed E-state index contributed by atoms with van der Waals surface area (Å²) in [5.41, 5.74) is 3.05. The third kappa shape index (κ3) is 4.11. The highest BCUT2D eigenvalue weighted by molar-refractivity contribution is 5.80. The SMILES string of the molecule is COc1ccc(-c2nc(-c3ccc4c(c3)nnn4CCC(=O)N3CCCC3)no2)cc1OC. The fourth-order valence-corrected chi connectivity index (χ4v) is 4.03. The molecule has 10 heteroatoms. The molecule has 2 aromatic carbocycles. The second-order valence-corrected chi connectivity index (χ2v) is 7.85. The zero-order chi connectivity index (χ0) is 22.8. The van der Waals surface area contributed by atoms with Gasteiger partial charge < -0.3 is 18.9 Å². The quantitative estimate of drug-likeness (QED) is 0.424. The average molecular weight is 448 g/mol. The van der Waals surface area contributed by atoms with Gasteiger partial charge in [0.2, 0.25) is 11.7 Å². The summed E-state index contributed by atoms with van der Waals surface area (Å²) in [7, 11) is 3.16. The average Bonchev–Trinajstić information content (AvgIpc) is 3.62. The van der Waals surface area contributed by atoms with Crippen LogP contribution in [0.5, 0.6) is 11.5 Å². The molecule has 0 spiro atoms. The minimum Gasteiger partial charge on any atom is -0.493 e. The molecule has 1 fully saturated rings. The molecule has 0 aliphatic carbocycles. The Morgan fingerprint density at radius 1 is 1.03 bits per heavy atom. The normalized spacial score (nSPS) is 13.6. The van der Waals surface area contributed by atoms with Crippen LogP contribution in [0, 0.1) is 0 Å². The van der Waals surface area contributed by atoms with Crippen LogP contribution in [0.1, 0.15) is 19.3 Å². The Kier molecular flexibility index (Phi) is 5.64. The third-order valence-electron chi connectivity index (χ3n) is 5.82. The largest absolute Gasteiger partial charge is 0.493 e. The van der Waals surface area contributed by atoms with Gasteiger partial charge in [0, 0.05) is 30.6 Å². The van der Waals surface area contributed by atoms with E-state index in [2.05, 4.69) is 20.5 Å². The van der Waals surface area contributed by atoms with Crippen LogP contribution in [0.2, 0.25) is 0 Å². The van der Waals surface area contributed by atoms with E-state index >= 15 is 0 Å². The molecule has 0 N–H and O–H groups in total. The predicted octanol–water partition coefficient (Wildman–Crippen LogP) is 3.18. The lowest BCUT2D eigenvalue weighted by Gasteiger charge is -2.14. The third-order valence-corrected chi connectivity index (χ3v) is 5.82. The van der Waals surface area contributed by atoms with Crippen molar-refractivity contribution < 1.29 is 18.8 Å². The Balaban J connectivity index is 1.34. The number of methoxy groups -OCH3 is 2. The van der Waals surface area contributed by atoms with Crippen LogP contribution in [0.25, 0.3) is 33.9 Å². The summed E-state index contributed by atoms with van der Waals surface area (Å²) in [4.78, 5) is 18.8. The standard InChI is InChI=1S/C23H24N6O4/c1-31-19-8-6-16(14-20(19)32-2)23-24-22(26-33-23)15-5-7-18-17(13-15)25-27-29(18)12-9-21(30)28-10-3-4-11-28/h5-8,13-14H,3-4,9-12H2,1-2H3. The lowest BCUT2D eigenvalue weighted by Crippen LogP contribution is -2.28. The number of likely N-dealkylation sites (tertiary alicyclic amines) is 1. The summed E-state index contributed by atoms with van der Waals surface area (Å²) in [5.74, 6) is 2.19. The molecule has 1 aliphatic heterocycles. The van der Waals surface area contributed by atoms with Gasteiger partial charge in [-0.1, -0.05) is 10.4 Å². The van der Waals surface area contributed by atoms with E-state index < -0.39 is 0 Å². The van der Waals surface area contributed by atoms with Crippen molar-refractivity contribution in [2.75, 3.05) is 27.3 Å². The van der Waals surface area contributed by atoms with Gasteiger partial charge in [-0.3, -0.25) is 4.79 Å². The summed E-state index contributed by atoms with van der Waals surface area (Å²) in [5, 5.41) is 12.6. The van der Waals surface area contributed by atoms with Crippen molar-refractivity contribution in [1.29, 1.82) is 0 Å². The molecule has 0 saturated carbocycles. The number of carbonyl (C=O) groups excluding carboxylic acids is 1. The van der Waals surface area contributed by atoms with Crippen LogP contribution in [0.15, 0.2) is 40.9 Å². The van der Waals surface area contributed by atoms with E-state index in [4.69, 9.17) is 14.0 Å². The maximum Gasteiger partial charge on any atom is 0.258 e. The van der Waals surface area contributed by atoms with Gasteiger partial charge in [0.15, 0.2) is 11.5 Å². The van der Waals surface area contributed by atoms with E-state index in [9.17, 15) is 4.79 Å². The number of aromatic nitrogens is 5. The number of amides is 1. The fraction of sp³-hybridized carbons (Fsp3) is 0.348. The van der Waals surface area contributed by atoms with Crippen molar-refractivity contribution in [3.63, 3.8) is 0 Å². The first-order valence-corrected chi connectivity index (χ1v) is 10.8. The monoisotopic (exact) mass is 448 g/mol. The maximum atomic E-state index is 12.3. The molecule has 0 unspecified atom stereocenters. The molecule has 1 amide bonds. The van der Waals surface area contributed by atoms with Gasteiger partial charge in [-0.15, -0.1) is 5.10 Å². The minimum atomic E-state index is 0.169. The Bertz CT molecular complexity index is 1290. The predicted molar refractivity (Wildman–Crippen MR) is 120 cm³/mol. The minimum absolute atomic E-state index is 0.169. The first-order valence-electron chi connectivity index (χ1n) is 10.8. The molecule has 170 valence electrons. The molecule has 0 radical (unpaired) electrons. The number of hydrogen-bond donors (Lipinski definition) is 0. The zero-order valence-electron chi connectivity index (χ0n) is 18.5. The highest BCUT2D eigenvalue weighted by Crippen LogP contribution is 2.32. The van der Waals surface area contributed by atoms with Gasteiger partial charge in [0.1, 0.15) is 5.52 Å². The summed E-state index contributed by atoms with van der Waals surface area (Å²) in [6.07, 6.45) is 2.59. The van der Waals surface area contributed by atoms with Gasteiger partial charge in [0.05, 0.1) is 26.3 Å². The molecule has 33 heavy (non-hydrogen) atoms. The van der Waals surface area contributed by atoms with E-state index in [0.29, 0.717) is 41.7 Å². The molecule has 2 aromatic heterocycles. The molecule has 5 rings (SSSR count). The van der Waals surface area contributed by atoms with Gasteiger partial charge in [0.25, 0.3) is 5.89 Å². The van der Waals surface area contributed by atoms with Gasteiger partial charge >= 0.3 is 0 Å². The van der Waals surface area contributed by atoms with Gasteiger partial charge in [-0.25, -0.2) is 4.68 Å². The topological polar surface area (TPSA) is 108 Å². The number of fused-ring (bicyclic) bond motifs is 1. The summed E-state index contributed by atoms with van der Waals surface area (Å²) >= 11 is 0. The van der Waals surface area contributed by atoms with Crippen molar-refractivity contribution in [3.8, 4) is 34.3 Å². The number of benzene rings is 2. The molecular formula is C23H24N6O4. The van der Waals surface area contributed by atoms with Gasteiger partial charge in [-0.2, -0.15) is 4.98 Å². The number of carbonyl (C=O) groups is 1. The smallest absolute Gasteiger partial charge is 0.258 e. The Morgan fingerprint density at radius 2 is 1.82 bits per heavy atom. The van der Waals surface area contributed by atoms with E-state index in [1.54, 1.807) is 31.0 Å². The number of rotatable bonds is 7. The number of nitrogens with zero attached hydrogens (tertiary/aromatic N) is 6. The highest BCUT2D eigenvalue weighted by Gasteiger charge is 2.19. The van der Waals surface area contributed by atoms with Crippen molar-refractivity contribution in [1.82, 2.24) is 30.0 Å². The van der Waals surface area contributed by atoms with Crippen molar-refractivity contribution >= 4 is 16.9 Å². The van der Waals surface area contributed by atoms with E-state index in [1.165, 1.54) is 0 Å². The van der Waals surface area contributed by atoms with Crippen LogP contribution in [0.4, 0.5) is 0 Å². The lowest BCUT2D eigenvalue weighted by molar-refractivity contribution is -0.130. The molecule has 0 atom stereocenters. The van der Waals surface area contributed by atoms with Crippen molar-refractivity contribution in [3.05, 3.63) is 36.4 Å². The first-order chi connectivity index (χ1) is 16.2. The summed E-state index contributed by atoms with van der Waals surface area (Å²) in [6.45, 7) is 2.21. The second-order valence-electron chi connectivity index (χ2n) is 7.85. The Hall–Kier alpha value is -3.95. The molecule has 10 nitrogen and oxygen atoms in total. The molecule has 4 aromatic rings. The van der Waals surface area contributed by atoms with Crippen LogP contribution in [-0.2, 0) is 11.3 Å². The number of ether oxygens (including phenoxy) is 2. The van der Waals surface area contributed by atoms with Gasteiger partial charge in [-0.05, 0) is 49.2 Å². The zero-order valence-corrected chi connectivity index (χ0v) is 18.5. The number of aryl methyl sites for hydroxylation is 1. The van der Waals surface area contributed by atoms with Crippen LogP contribution < -0.4 is 9.47 Å². The first kappa shape index (κ1) is 20.9. The summed E-state index contributed by atoms with van der Waals surface area (Å²) in [6, 6.07) is 11.1. The molecular weight excluding hydrogens is 424 g/mol. The lowest BCUT2D eigenvalue weighted by atomic mass is 10.1. The van der Waals surface area contributed by atoms with Crippen LogP contribution >= 0.6 is 0 Å². The molecule has 3 heterocycles. The molecule has 1 saturated heterocycles. The summed E-state index contributed by atoms with van der Waals surface area (Å²) < 4.78 is 17.9. The Morgan fingerprint density at radius 3 is 2.61 bits per heavy atom. The Labute approximate surface area is 190 Å². The number of hydrogen-bond acceptors (Lipinski definition) is 8. The molecule has 1 aliphatic rings.